The Morgan fingerprint density at radius 1 is 1.25 bits per heavy atom. The third kappa shape index (κ3) is 3.08. The van der Waals surface area contributed by atoms with E-state index in [9.17, 15) is 4.39 Å². The molecule has 0 saturated carbocycles. The van der Waals surface area contributed by atoms with Gasteiger partial charge in [0, 0.05) is 24.8 Å². The molecule has 0 spiro atoms. The number of amidine groups is 1. The van der Waals surface area contributed by atoms with Gasteiger partial charge in [-0.2, -0.15) is 0 Å². The predicted molar refractivity (Wildman–Crippen MR) is 81.0 cm³/mol. The fourth-order valence-electron chi connectivity index (χ4n) is 1.91. The van der Waals surface area contributed by atoms with Crippen LogP contribution in [0.4, 0.5) is 10.1 Å². The summed E-state index contributed by atoms with van der Waals surface area (Å²) in [5.41, 5.74) is 7.75. The van der Waals surface area contributed by atoms with Crippen molar-refractivity contribution in [2.24, 2.45) is 5.73 Å². The molecule has 0 heterocycles. The highest BCUT2D eigenvalue weighted by Gasteiger charge is 2.09. The van der Waals surface area contributed by atoms with Crippen molar-refractivity contribution < 1.29 is 4.39 Å². The average molecular weight is 292 g/mol. The molecule has 0 fully saturated rings. The van der Waals surface area contributed by atoms with Gasteiger partial charge in [0.15, 0.2) is 0 Å². The molecule has 0 bridgehead atoms. The molecule has 0 saturated heterocycles. The zero-order valence-corrected chi connectivity index (χ0v) is 11.8. The maximum atomic E-state index is 13.4. The minimum Gasteiger partial charge on any atom is -0.384 e. The van der Waals surface area contributed by atoms with Crippen molar-refractivity contribution in [3.05, 3.63) is 64.4 Å². The largest absolute Gasteiger partial charge is 0.384 e. The van der Waals surface area contributed by atoms with Crippen molar-refractivity contribution in [3.63, 3.8) is 0 Å². The Bertz CT molecular complexity index is 626. The average Bonchev–Trinajstić information content (AvgIpc) is 2.44. The molecule has 2 aromatic carbocycles. The molecule has 0 aromatic heterocycles. The summed E-state index contributed by atoms with van der Waals surface area (Å²) >= 11 is 5.95. The predicted octanol–water partition coefficient (Wildman–Crippen LogP) is 3.40. The van der Waals surface area contributed by atoms with Crippen LogP contribution in [0, 0.1) is 11.2 Å². The topological polar surface area (TPSA) is 53.1 Å². The summed E-state index contributed by atoms with van der Waals surface area (Å²) in [5, 5.41) is 7.50. The zero-order chi connectivity index (χ0) is 14.7. The molecule has 0 radical (unpaired) electrons. The monoisotopic (exact) mass is 291 g/mol. The van der Waals surface area contributed by atoms with Crippen molar-refractivity contribution in [1.82, 2.24) is 0 Å². The summed E-state index contributed by atoms with van der Waals surface area (Å²) in [4.78, 5) is 1.95. The number of hydrogen-bond acceptors (Lipinski definition) is 2. The van der Waals surface area contributed by atoms with Crippen molar-refractivity contribution in [3.8, 4) is 0 Å². The molecule has 0 amide bonds. The molecule has 0 aliphatic rings. The first-order chi connectivity index (χ1) is 9.49. The van der Waals surface area contributed by atoms with E-state index in [0.717, 1.165) is 11.3 Å². The summed E-state index contributed by atoms with van der Waals surface area (Å²) in [6.45, 7) is 0.496. The van der Waals surface area contributed by atoms with Gasteiger partial charge in [0.1, 0.15) is 11.7 Å². The van der Waals surface area contributed by atoms with Crippen LogP contribution in [0.1, 0.15) is 11.1 Å². The number of nitrogens with one attached hydrogen (secondary N) is 1. The van der Waals surface area contributed by atoms with Gasteiger partial charge in [0.05, 0.1) is 5.02 Å². The number of nitrogens with two attached hydrogens (primary N) is 1. The molecule has 0 aliphatic carbocycles. The molecule has 0 aliphatic heterocycles. The lowest BCUT2D eigenvalue weighted by atomic mass is 10.1. The van der Waals surface area contributed by atoms with E-state index in [4.69, 9.17) is 22.7 Å². The van der Waals surface area contributed by atoms with E-state index in [1.807, 2.05) is 24.1 Å². The number of rotatable bonds is 4. The first-order valence-electron chi connectivity index (χ1n) is 6.07. The summed E-state index contributed by atoms with van der Waals surface area (Å²) < 4.78 is 13.4. The van der Waals surface area contributed by atoms with E-state index in [-0.39, 0.29) is 10.9 Å². The number of benzene rings is 2. The van der Waals surface area contributed by atoms with Crippen LogP contribution in [0.2, 0.25) is 5.02 Å². The van der Waals surface area contributed by atoms with E-state index < -0.39 is 5.82 Å². The number of nitrogen functional groups attached to an aromatic ring is 1. The molecule has 5 heteroatoms. The number of halogens is 2. The summed E-state index contributed by atoms with van der Waals surface area (Å²) in [7, 11) is 1.89. The first-order valence-corrected chi connectivity index (χ1v) is 6.45. The van der Waals surface area contributed by atoms with Crippen molar-refractivity contribution in [1.29, 1.82) is 5.41 Å². The third-order valence-corrected chi connectivity index (χ3v) is 3.48. The van der Waals surface area contributed by atoms with Gasteiger partial charge in [-0.3, -0.25) is 5.41 Å². The molecular formula is C15H15ClFN3. The fourth-order valence-corrected chi connectivity index (χ4v) is 2.10. The normalized spacial score (nSPS) is 10.3. The van der Waals surface area contributed by atoms with Crippen LogP contribution >= 0.6 is 11.6 Å². The quantitative estimate of drug-likeness (QED) is 0.670. The van der Waals surface area contributed by atoms with Crippen LogP contribution < -0.4 is 10.6 Å². The van der Waals surface area contributed by atoms with E-state index in [1.54, 1.807) is 24.3 Å². The zero-order valence-electron chi connectivity index (χ0n) is 11.0. The van der Waals surface area contributed by atoms with E-state index in [0.29, 0.717) is 12.1 Å². The lowest BCUT2D eigenvalue weighted by Crippen LogP contribution is -2.17. The van der Waals surface area contributed by atoms with E-state index in [1.165, 1.54) is 6.07 Å². The fraction of sp³-hybridized carbons (Fsp3) is 0.133. The van der Waals surface area contributed by atoms with Crippen LogP contribution in [0.3, 0.4) is 0 Å². The Morgan fingerprint density at radius 3 is 2.50 bits per heavy atom. The minimum atomic E-state index is -0.413. The third-order valence-electron chi connectivity index (χ3n) is 3.06. The van der Waals surface area contributed by atoms with Crippen molar-refractivity contribution in [2.75, 3.05) is 11.9 Å². The minimum absolute atomic E-state index is 0.0346. The Hall–Kier alpha value is -2.07. The maximum Gasteiger partial charge on any atom is 0.142 e. The van der Waals surface area contributed by atoms with Crippen molar-refractivity contribution >= 4 is 23.1 Å². The molecule has 0 unspecified atom stereocenters. The smallest absolute Gasteiger partial charge is 0.142 e. The van der Waals surface area contributed by atoms with E-state index >= 15 is 0 Å². The lowest BCUT2D eigenvalue weighted by Gasteiger charge is -2.20. The number of nitrogens with zero attached hydrogens (tertiary/aromatic N) is 1. The summed E-state index contributed by atoms with van der Waals surface area (Å²) in [5.74, 6) is -0.378. The Morgan fingerprint density at radius 2 is 1.90 bits per heavy atom. The van der Waals surface area contributed by atoms with Crippen LogP contribution in [-0.4, -0.2) is 12.9 Å². The van der Waals surface area contributed by atoms with Crippen LogP contribution in [0.5, 0.6) is 0 Å². The van der Waals surface area contributed by atoms with Gasteiger partial charge in [-0.05, 0) is 35.9 Å². The first kappa shape index (κ1) is 14.3. The molecule has 3 N–H and O–H groups in total. The summed E-state index contributed by atoms with van der Waals surface area (Å²) in [6, 6.07) is 12.1. The highest BCUT2D eigenvalue weighted by atomic mass is 35.5. The van der Waals surface area contributed by atoms with Gasteiger partial charge < -0.3 is 10.6 Å². The lowest BCUT2D eigenvalue weighted by molar-refractivity contribution is 0.625. The molecule has 3 nitrogen and oxygen atoms in total. The summed E-state index contributed by atoms with van der Waals surface area (Å²) in [6.07, 6.45) is 0. The maximum absolute atomic E-state index is 13.4. The molecule has 0 atom stereocenters. The van der Waals surface area contributed by atoms with Crippen LogP contribution in [-0.2, 0) is 6.54 Å². The number of hydrogen-bond donors (Lipinski definition) is 2. The van der Waals surface area contributed by atoms with Gasteiger partial charge in [0.2, 0.25) is 0 Å². The highest BCUT2D eigenvalue weighted by molar-refractivity contribution is 6.31. The molecule has 104 valence electrons. The number of anilines is 1. The van der Waals surface area contributed by atoms with Crippen molar-refractivity contribution in [2.45, 2.75) is 6.54 Å². The van der Waals surface area contributed by atoms with Gasteiger partial charge in [-0.15, -0.1) is 0 Å². The Balaban J connectivity index is 2.17. The molecular weight excluding hydrogens is 277 g/mol. The second-order valence-electron chi connectivity index (χ2n) is 4.53. The SMILES string of the molecule is CN(Cc1cccc(F)c1Cl)c1ccc(C(=N)N)cc1. The Kier molecular flexibility index (Phi) is 4.25. The van der Waals surface area contributed by atoms with Crippen LogP contribution in [0.25, 0.3) is 0 Å². The van der Waals surface area contributed by atoms with Crippen LogP contribution in [0.15, 0.2) is 42.5 Å². The second-order valence-corrected chi connectivity index (χ2v) is 4.91. The van der Waals surface area contributed by atoms with Gasteiger partial charge in [0.25, 0.3) is 0 Å². The molecule has 20 heavy (non-hydrogen) atoms. The van der Waals surface area contributed by atoms with Gasteiger partial charge in [-0.1, -0.05) is 23.7 Å². The molecule has 2 rings (SSSR count). The highest BCUT2D eigenvalue weighted by Crippen LogP contribution is 2.23. The standard InChI is InChI=1S/C15H15ClFN3/c1-20(9-11-3-2-4-13(17)14(11)16)12-7-5-10(6-8-12)15(18)19/h2-8H,9H2,1H3,(H3,18,19). The molecule has 2 aromatic rings. The van der Waals surface area contributed by atoms with Gasteiger partial charge >= 0.3 is 0 Å². The van der Waals surface area contributed by atoms with Gasteiger partial charge in [-0.25, -0.2) is 4.39 Å². The Labute approximate surface area is 122 Å². The second kappa shape index (κ2) is 5.92. The van der Waals surface area contributed by atoms with E-state index in [2.05, 4.69) is 0 Å².